The second-order valence-electron chi connectivity index (χ2n) is 23.8. The fourth-order valence-corrected chi connectivity index (χ4v) is 10.5. The van der Waals surface area contributed by atoms with E-state index in [9.17, 15) is 14.4 Å². The Hall–Kier alpha value is -2.63. The highest BCUT2D eigenvalue weighted by atomic mass is 16.6. The van der Waals surface area contributed by atoms with E-state index in [1.165, 1.54) is 257 Å². The molecule has 0 bridgehead atoms. The average molecular weight is 1110 g/mol. The second kappa shape index (κ2) is 67.9. The summed E-state index contributed by atoms with van der Waals surface area (Å²) in [6, 6.07) is 0. The van der Waals surface area contributed by atoms with Crippen LogP contribution in [0.4, 0.5) is 0 Å². The summed E-state index contributed by atoms with van der Waals surface area (Å²) in [4.78, 5) is 38.4. The van der Waals surface area contributed by atoms with Gasteiger partial charge in [0.05, 0.1) is 0 Å². The molecule has 0 aromatic rings. The van der Waals surface area contributed by atoms with Crippen LogP contribution in [0.15, 0.2) is 48.6 Å². The Morgan fingerprint density at radius 3 is 0.722 bits per heavy atom. The van der Waals surface area contributed by atoms with E-state index in [0.717, 1.165) is 83.5 Å². The van der Waals surface area contributed by atoms with Crippen molar-refractivity contribution in [1.82, 2.24) is 0 Å². The van der Waals surface area contributed by atoms with Crippen molar-refractivity contribution in [3.05, 3.63) is 48.6 Å². The summed E-state index contributed by atoms with van der Waals surface area (Å²) in [5.41, 5.74) is 0. The van der Waals surface area contributed by atoms with E-state index in [1.807, 2.05) is 0 Å². The molecule has 0 fully saturated rings. The van der Waals surface area contributed by atoms with Crippen molar-refractivity contribution in [1.29, 1.82) is 0 Å². The highest BCUT2D eigenvalue weighted by Crippen LogP contribution is 2.18. The Morgan fingerprint density at radius 1 is 0.253 bits per heavy atom. The maximum atomic E-state index is 12.9. The minimum atomic E-state index is -0.777. The Labute approximate surface area is 492 Å². The van der Waals surface area contributed by atoms with Crippen molar-refractivity contribution in [2.24, 2.45) is 0 Å². The van der Waals surface area contributed by atoms with Gasteiger partial charge in [0, 0.05) is 19.3 Å². The van der Waals surface area contributed by atoms with Gasteiger partial charge in [-0.3, -0.25) is 14.4 Å². The molecule has 0 aliphatic carbocycles. The monoisotopic (exact) mass is 1110 g/mol. The zero-order chi connectivity index (χ0) is 57.1. The van der Waals surface area contributed by atoms with Crippen molar-refractivity contribution in [3.63, 3.8) is 0 Å². The number of ether oxygens (including phenoxy) is 3. The smallest absolute Gasteiger partial charge is 0.306 e. The first-order valence-electron chi connectivity index (χ1n) is 35.1. The number of hydrogen-bond donors (Lipinski definition) is 0. The summed E-state index contributed by atoms with van der Waals surface area (Å²) in [5.74, 6) is -0.860. The zero-order valence-corrected chi connectivity index (χ0v) is 53.2. The number of allylic oxidation sites excluding steroid dienone is 8. The summed E-state index contributed by atoms with van der Waals surface area (Å²) < 4.78 is 17.0. The molecule has 0 aromatic heterocycles. The van der Waals surface area contributed by atoms with E-state index in [-0.39, 0.29) is 31.1 Å². The Balaban J connectivity index is 4.21. The van der Waals surface area contributed by atoms with Crippen molar-refractivity contribution in [2.45, 2.75) is 386 Å². The van der Waals surface area contributed by atoms with Crippen molar-refractivity contribution in [2.75, 3.05) is 13.2 Å². The summed E-state index contributed by atoms with van der Waals surface area (Å²) in [6.07, 6.45) is 85.7. The van der Waals surface area contributed by atoms with Crippen LogP contribution in [0.1, 0.15) is 380 Å². The SMILES string of the molecule is CCCCC/C=C\C/C=C\CCCCCCCC(=O)OCC(COC(=O)CCCCCCCCCCCCCCCCCCC/C=C\C/C=C\CCCCCCC)OC(=O)CCCCCCCCCCCCCCCCCCC. The van der Waals surface area contributed by atoms with Crippen LogP contribution in [0.5, 0.6) is 0 Å². The summed E-state index contributed by atoms with van der Waals surface area (Å²) in [5, 5.41) is 0. The van der Waals surface area contributed by atoms with Crippen LogP contribution in [0, 0.1) is 0 Å². The van der Waals surface area contributed by atoms with Gasteiger partial charge < -0.3 is 14.2 Å². The number of carbonyl (C=O) groups excluding carboxylic acids is 3. The number of carbonyl (C=O) groups is 3. The first kappa shape index (κ1) is 76.4. The van der Waals surface area contributed by atoms with Crippen molar-refractivity contribution in [3.8, 4) is 0 Å². The predicted octanol–water partition coefficient (Wildman–Crippen LogP) is 24.1. The molecule has 0 amide bonds. The van der Waals surface area contributed by atoms with Gasteiger partial charge in [0.1, 0.15) is 13.2 Å². The molecule has 0 rings (SSSR count). The van der Waals surface area contributed by atoms with Crippen LogP contribution in [-0.4, -0.2) is 37.2 Å². The van der Waals surface area contributed by atoms with E-state index in [1.54, 1.807) is 0 Å². The lowest BCUT2D eigenvalue weighted by molar-refractivity contribution is -0.167. The number of rotatable bonds is 65. The molecule has 0 aromatic carbocycles. The first-order chi connectivity index (χ1) is 39.0. The van der Waals surface area contributed by atoms with E-state index in [0.29, 0.717) is 19.3 Å². The highest BCUT2D eigenvalue weighted by Gasteiger charge is 2.19. The lowest BCUT2D eigenvalue weighted by Gasteiger charge is -2.18. The molecule has 0 aliphatic heterocycles. The predicted molar refractivity (Wildman–Crippen MR) is 344 cm³/mol. The Kier molecular flexibility index (Phi) is 65.6. The minimum absolute atomic E-state index is 0.0725. The van der Waals surface area contributed by atoms with Gasteiger partial charge in [-0.15, -0.1) is 0 Å². The molecule has 0 radical (unpaired) electrons. The normalized spacial score (nSPS) is 12.3. The van der Waals surface area contributed by atoms with Gasteiger partial charge in [-0.2, -0.15) is 0 Å². The van der Waals surface area contributed by atoms with Crippen LogP contribution in [-0.2, 0) is 28.6 Å². The highest BCUT2D eigenvalue weighted by molar-refractivity contribution is 5.71. The molecule has 79 heavy (non-hydrogen) atoms. The van der Waals surface area contributed by atoms with E-state index in [4.69, 9.17) is 14.2 Å². The molecule has 6 heteroatoms. The molecule has 0 N–H and O–H groups in total. The summed E-state index contributed by atoms with van der Waals surface area (Å²) >= 11 is 0. The van der Waals surface area contributed by atoms with Gasteiger partial charge in [0.25, 0.3) is 0 Å². The zero-order valence-electron chi connectivity index (χ0n) is 53.2. The Bertz CT molecular complexity index is 1360. The average Bonchev–Trinajstić information content (AvgIpc) is 3.45. The molecule has 0 aliphatic rings. The molecule has 6 nitrogen and oxygen atoms in total. The van der Waals surface area contributed by atoms with Gasteiger partial charge >= 0.3 is 17.9 Å². The first-order valence-corrected chi connectivity index (χ1v) is 35.1. The third kappa shape index (κ3) is 66.1. The van der Waals surface area contributed by atoms with Crippen LogP contribution < -0.4 is 0 Å². The third-order valence-corrected chi connectivity index (χ3v) is 15.8. The largest absolute Gasteiger partial charge is 0.462 e. The van der Waals surface area contributed by atoms with Crippen molar-refractivity contribution < 1.29 is 28.6 Å². The molecule has 1 unspecified atom stereocenters. The van der Waals surface area contributed by atoms with E-state index in [2.05, 4.69) is 69.4 Å². The van der Waals surface area contributed by atoms with E-state index >= 15 is 0 Å². The second-order valence-corrected chi connectivity index (χ2v) is 23.8. The third-order valence-electron chi connectivity index (χ3n) is 15.8. The topological polar surface area (TPSA) is 78.9 Å². The molecule has 0 spiro atoms. The fraction of sp³-hybridized carbons (Fsp3) is 0.849. The summed E-state index contributed by atoms with van der Waals surface area (Å²) in [6.45, 7) is 6.66. The quantitative estimate of drug-likeness (QED) is 0.0261. The van der Waals surface area contributed by atoms with Crippen LogP contribution in [0.25, 0.3) is 0 Å². The van der Waals surface area contributed by atoms with Gasteiger partial charge in [-0.25, -0.2) is 0 Å². The van der Waals surface area contributed by atoms with Gasteiger partial charge in [0.2, 0.25) is 0 Å². The number of unbranched alkanes of at least 4 members (excludes halogenated alkanes) is 46. The fourth-order valence-electron chi connectivity index (χ4n) is 10.5. The van der Waals surface area contributed by atoms with E-state index < -0.39 is 6.10 Å². The molecule has 462 valence electrons. The number of esters is 3. The van der Waals surface area contributed by atoms with Gasteiger partial charge in [-0.1, -0.05) is 326 Å². The number of hydrogen-bond acceptors (Lipinski definition) is 6. The van der Waals surface area contributed by atoms with Crippen LogP contribution in [0.2, 0.25) is 0 Å². The van der Waals surface area contributed by atoms with Crippen LogP contribution >= 0.6 is 0 Å². The molecule has 0 saturated heterocycles. The van der Waals surface area contributed by atoms with Gasteiger partial charge in [0.15, 0.2) is 6.10 Å². The standard InChI is InChI=1S/C73H134O6/c1-4-7-10-13-16-19-22-25-28-30-31-32-33-34-35-36-37-38-39-40-41-43-45-48-51-54-57-60-63-66-72(75)78-69-70(68-77-71(74)65-62-59-56-53-50-47-44-27-24-21-18-15-12-9-6-3)79-73(76)67-64-61-58-55-52-49-46-42-29-26-23-20-17-14-11-8-5-2/h18,21-22,25,27,30-31,44,70H,4-17,19-20,23-24,26,28-29,32-43,45-69H2,1-3H3/b21-18-,25-22-,31-30-,44-27-. The molecule has 0 saturated carbocycles. The van der Waals surface area contributed by atoms with Gasteiger partial charge in [-0.05, 0) is 83.5 Å². The lowest BCUT2D eigenvalue weighted by atomic mass is 10.0. The van der Waals surface area contributed by atoms with Crippen molar-refractivity contribution >= 4 is 17.9 Å². The molecular formula is C73H134O6. The lowest BCUT2D eigenvalue weighted by Crippen LogP contribution is -2.30. The molecular weight excluding hydrogens is 973 g/mol. The van der Waals surface area contributed by atoms with Crippen LogP contribution in [0.3, 0.4) is 0 Å². The maximum Gasteiger partial charge on any atom is 0.306 e. The summed E-state index contributed by atoms with van der Waals surface area (Å²) in [7, 11) is 0. The molecule has 1 atom stereocenters. The maximum absolute atomic E-state index is 12.9. The Morgan fingerprint density at radius 2 is 0.456 bits per heavy atom. The minimum Gasteiger partial charge on any atom is -0.462 e. The molecule has 0 heterocycles.